The van der Waals surface area contributed by atoms with E-state index in [-0.39, 0.29) is 26.1 Å². The van der Waals surface area contributed by atoms with Crippen molar-refractivity contribution in [3.05, 3.63) is 48.0 Å². The summed E-state index contributed by atoms with van der Waals surface area (Å²) in [6.45, 7) is 1.60. The van der Waals surface area contributed by atoms with Crippen LogP contribution < -0.4 is 18.9 Å². The van der Waals surface area contributed by atoms with E-state index in [4.69, 9.17) is 0 Å². The molecule has 0 aliphatic carbocycles. The molecule has 2 heteroatoms. The molecule has 0 atom stereocenters. The minimum Gasteiger partial charge on any atom is -1.00 e. The Morgan fingerprint density at radius 2 is 1.71 bits per heavy atom. The first kappa shape index (κ1) is 11.0. The van der Waals surface area contributed by atoms with Gasteiger partial charge in [0.1, 0.15) is 0 Å². The molecular weight excluding hydrogens is 167 g/mol. The normalized spacial score (nSPS) is 9.50. The molecule has 1 nitrogen and oxygen atoms in total. The van der Waals surface area contributed by atoms with Crippen LogP contribution in [0.25, 0.3) is 10.8 Å². The van der Waals surface area contributed by atoms with Gasteiger partial charge in [-0.1, -0.05) is 42.5 Å². The fourth-order valence-electron chi connectivity index (χ4n) is 1.53. The predicted molar refractivity (Wildman–Crippen MR) is 55.1 cm³/mol. The summed E-state index contributed by atoms with van der Waals surface area (Å²) >= 11 is 0. The second-order valence-corrected chi connectivity index (χ2v) is 3.08. The van der Waals surface area contributed by atoms with E-state index in [0.717, 1.165) is 16.3 Å². The molecule has 0 aliphatic heterocycles. The summed E-state index contributed by atoms with van der Waals surface area (Å²) in [5.41, 5.74) is 0.804. The third kappa shape index (κ3) is 1.90. The van der Waals surface area contributed by atoms with Crippen LogP contribution in [0.3, 0.4) is 0 Å². The first-order valence-corrected chi connectivity index (χ1v) is 4.28. The minimum atomic E-state index is 0. The second-order valence-electron chi connectivity index (χ2n) is 3.08. The van der Waals surface area contributed by atoms with E-state index in [0.29, 0.717) is 0 Å². The molecule has 0 bridgehead atoms. The van der Waals surface area contributed by atoms with Crippen molar-refractivity contribution in [3.8, 4) is 0 Å². The van der Waals surface area contributed by atoms with Crippen LogP contribution in [0.5, 0.6) is 0 Å². The zero-order valence-corrected chi connectivity index (χ0v) is 8.45. The Morgan fingerprint density at radius 1 is 1.07 bits per heavy atom. The summed E-state index contributed by atoms with van der Waals surface area (Å²) in [4.78, 5) is 11.3. The van der Waals surface area contributed by atoms with Gasteiger partial charge < -0.3 is 1.43 Å². The van der Waals surface area contributed by atoms with Gasteiger partial charge in [0.05, 0.1) is 0 Å². The number of hydrogen-bond acceptors (Lipinski definition) is 1. The van der Waals surface area contributed by atoms with Crippen LogP contribution in [0.4, 0.5) is 0 Å². The van der Waals surface area contributed by atoms with E-state index in [9.17, 15) is 4.79 Å². The van der Waals surface area contributed by atoms with E-state index in [1.54, 1.807) is 6.92 Å². The summed E-state index contributed by atoms with van der Waals surface area (Å²) in [5.74, 6) is 0.122. The molecule has 2 aromatic rings. The number of carbonyl (C=O) groups is 1. The van der Waals surface area contributed by atoms with Gasteiger partial charge in [0, 0.05) is 5.56 Å². The van der Waals surface area contributed by atoms with Crippen LogP contribution in [-0.4, -0.2) is 5.78 Å². The standard InChI is InChI=1S/C12H10O.Li.H/c1-9(13)11-8-4-6-10-5-2-3-7-12(10)11;;/h2-8H,1H3;;/q;+1;-1. The van der Waals surface area contributed by atoms with E-state index in [1.165, 1.54) is 0 Å². The van der Waals surface area contributed by atoms with Crippen molar-refractivity contribution in [2.45, 2.75) is 6.92 Å². The molecule has 0 radical (unpaired) electrons. The number of benzene rings is 2. The van der Waals surface area contributed by atoms with Crippen LogP contribution in [0.1, 0.15) is 18.7 Å². The molecule has 0 spiro atoms. The Bertz CT molecular complexity index is 463. The number of Topliss-reactive ketones (excluding diaryl/α,β-unsaturated/α-hetero) is 1. The number of hydrogen-bond donors (Lipinski definition) is 0. The monoisotopic (exact) mass is 178 g/mol. The molecule has 0 heterocycles. The van der Waals surface area contributed by atoms with Crippen molar-refractivity contribution in [1.82, 2.24) is 0 Å². The van der Waals surface area contributed by atoms with E-state index >= 15 is 0 Å². The molecule has 14 heavy (non-hydrogen) atoms. The number of carbonyl (C=O) groups excluding carboxylic acids is 1. The second kappa shape index (κ2) is 4.46. The van der Waals surface area contributed by atoms with Crippen molar-refractivity contribution in [2.24, 2.45) is 0 Å². The van der Waals surface area contributed by atoms with Crippen molar-refractivity contribution in [1.29, 1.82) is 0 Å². The Kier molecular flexibility index (Phi) is 3.52. The topological polar surface area (TPSA) is 17.1 Å². The quantitative estimate of drug-likeness (QED) is 0.449. The molecule has 66 valence electrons. The van der Waals surface area contributed by atoms with Gasteiger partial charge in [-0.25, -0.2) is 0 Å². The number of rotatable bonds is 1. The third-order valence-corrected chi connectivity index (χ3v) is 2.17. The molecule has 0 N–H and O–H groups in total. The van der Waals surface area contributed by atoms with Gasteiger partial charge in [0.25, 0.3) is 0 Å². The third-order valence-electron chi connectivity index (χ3n) is 2.17. The fourth-order valence-corrected chi connectivity index (χ4v) is 1.53. The van der Waals surface area contributed by atoms with E-state index in [2.05, 4.69) is 0 Å². The van der Waals surface area contributed by atoms with Crippen LogP contribution >= 0.6 is 0 Å². The van der Waals surface area contributed by atoms with Crippen LogP contribution in [0, 0.1) is 0 Å². The SMILES string of the molecule is CC(=O)c1cccc2ccccc12.[H-].[Li+]. The van der Waals surface area contributed by atoms with Gasteiger partial charge in [-0.3, -0.25) is 4.79 Å². The summed E-state index contributed by atoms with van der Waals surface area (Å²) in [6, 6.07) is 13.7. The Labute approximate surface area is 96.8 Å². The molecule has 0 amide bonds. The Hall–Kier alpha value is -1.03. The summed E-state index contributed by atoms with van der Waals surface area (Å²) in [6.07, 6.45) is 0. The summed E-state index contributed by atoms with van der Waals surface area (Å²) < 4.78 is 0. The van der Waals surface area contributed by atoms with Crippen molar-refractivity contribution in [2.75, 3.05) is 0 Å². The predicted octanol–water partition coefficient (Wildman–Crippen LogP) is 0.159. The van der Waals surface area contributed by atoms with Crippen molar-refractivity contribution in [3.63, 3.8) is 0 Å². The molecule has 0 aromatic heterocycles. The smallest absolute Gasteiger partial charge is 1.00 e. The van der Waals surface area contributed by atoms with Gasteiger partial charge in [-0.05, 0) is 17.7 Å². The largest absolute Gasteiger partial charge is 1.00 e. The first-order valence-electron chi connectivity index (χ1n) is 4.28. The van der Waals surface area contributed by atoms with Gasteiger partial charge in [0.15, 0.2) is 5.78 Å². The molecule has 0 aliphatic rings. The molecule has 0 fully saturated rings. The number of fused-ring (bicyclic) bond motifs is 1. The van der Waals surface area contributed by atoms with Gasteiger partial charge >= 0.3 is 18.9 Å². The van der Waals surface area contributed by atoms with Gasteiger partial charge in [-0.15, -0.1) is 0 Å². The zero-order valence-electron chi connectivity index (χ0n) is 9.45. The molecule has 2 rings (SSSR count). The molecule has 0 saturated heterocycles. The zero-order chi connectivity index (χ0) is 9.26. The fraction of sp³-hybridized carbons (Fsp3) is 0.0833. The summed E-state index contributed by atoms with van der Waals surface area (Å²) in [5, 5.41) is 2.16. The Morgan fingerprint density at radius 3 is 2.43 bits per heavy atom. The van der Waals surface area contributed by atoms with Crippen LogP contribution in [0.15, 0.2) is 42.5 Å². The maximum atomic E-state index is 11.3. The van der Waals surface area contributed by atoms with Gasteiger partial charge in [0.2, 0.25) is 0 Å². The molecule has 0 unspecified atom stereocenters. The molecule has 0 saturated carbocycles. The minimum absolute atomic E-state index is 0. The van der Waals surface area contributed by atoms with Crippen LogP contribution in [0.2, 0.25) is 0 Å². The van der Waals surface area contributed by atoms with Crippen molar-refractivity contribution >= 4 is 16.6 Å². The van der Waals surface area contributed by atoms with Gasteiger partial charge in [-0.2, -0.15) is 0 Å². The van der Waals surface area contributed by atoms with E-state index < -0.39 is 0 Å². The summed E-state index contributed by atoms with van der Waals surface area (Å²) in [7, 11) is 0. The number of ketones is 1. The Balaban J connectivity index is 0.000000980. The molecular formula is C12H11LiO. The van der Waals surface area contributed by atoms with Crippen LogP contribution in [-0.2, 0) is 0 Å². The maximum absolute atomic E-state index is 11.3. The maximum Gasteiger partial charge on any atom is 1.00 e. The van der Waals surface area contributed by atoms with Crippen molar-refractivity contribution < 1.29 is 25.1 Å². The first-order chi connectivity index (χ1) is 6.29. The average molecular weight is 178 g/mol. The molecule has 2 aromatic carbocycles. The average Bonchev–Trinajstić information content (AvgIpc) is 2.17. The van der Waals surface area contributed by atoms with E-state index in [1.807, 2.05) is 42.5 Å².